The molecule has 0 aromatic heterocycles. The molecule has 0 heterocycles. The number of aryl methyl sites for hydroxylation is 1. The fourth-order valence-corrected chi connectivity index (χ4v) is 3.57. The van der Waals surface area contributed by atoms with Crippen LogP contribution < -0.4 is 14.9 Å². The van der Waals surface area contributed by atoms with Crippen LogP contribution in [-0.4, -0.2) is 24.7 Å². The molecule has 4 rings (SSSR count). The molecule has 4 aromatic carbocycles. The van der Waals surface area contributed by atoms with Gasteiger partial charge in [-0.2, -0.15) is 5.10 Å². The molecular formula is C27H21BrN2O4. The lowest BCUT2D eigenvalue weighted by atomic mass is 10.0. The first-order valence-electron chi connectivity index (χ1n) is 10.5. The van der Waals surface area contributed by atoms with Crippen LogP contribution in [0.1, 0.15) is 21.5 Å². The van der Waals surface area contributed by atoms with Crippen LogP contribution in [0.4, 0.5) is 0 Å². The fourth-order valence-electron chi connectivity index (χ4n) is 3.31. The van der Waals surface area contributed by atoms with Gasteiger partial charge in [-0.3, -0.25) is 4.79 Å². The summed E-state index contributed by atoms with van der Waals surface area (Å²) < 4.78 is 12.1. The van der Waals surface area contributed by atoms with Gasteiger partial charge in [0.15, 0.2) is 6.61 Å². The highest BCUT2D eigenvalue weighted by Gasteiger charge is 2.14. The molecule has 0 aliphatic rings. The van der Waals surface area contributed by atoms with E-state index in [1.807, 2.05) is 55.5 Å². The van der Waals surface area contributed by atoms with Crippen molar-refractivity contribution in [3.63, 3.8) is 0 Å². The molecular weight excluding hydrogens is 496 g/mol. The molecule has 0 saturated carbocycles. The molecule has 1 N–H and O–H groups in total. The first kappa shape index (κ1) is 23.2. The number of carbonyl (C=O) groups is 2. The van der Waals surface area contributed by atoms with E-state index in [-0.39, 0.29) is 6.61 Å². The van der Waals surface area contributed by atoms with Gasteiger partial charge in [0.1, 0.15) is 11.5 Å². The Morgan fingerprint density at radius 1 is 0.971 bits per heavy atom. The topological polar surface area (TPSA) is 77.0 Å². The van der Waals surface area contributed by atoms with Gasteiger partial charge in [-0.1, -0.05) is 64.0 Å². The van der Waals surface area contributed by atoms with Gasteiger partial charge in [-0.25, -0.2) is 10.2 Å². The molecule has 6 nitrogen and oxygen atoms in total. The zero-order valence-corrected chi connectivity index (χ0v) is 19.9. The maximum atomic E-state index is 12.7. The smallest absolute Gasteiger partial charge is 0.343 e. The third-order valence-corrected chi connectivity index (χ3v) is 5.48. The molecule has 1 amide bonds. The predicted octanol–water partition coefficient (Wildman–Crippen LogP) is 5.66. The molecule has 0 aliphatic heterocycles. The van der Waals surface area contributed by atoms with Crippen LogP contribution in [0.5, 0.6) is 11.5 Å². The summed E-state index contributed by atoms with van der Waals surface area (Å²) >= 11 is 3.35. The lowest BCUT2D eigenvalue weighted by Gasteiger charge is -2.11. The maximum absolute atomic E-state index is 12.7. The van der Waals surface area contributed by atoms with Gasteiger partial charge < -0.3 is 9.47 Å². The summed E-state index contributed by atoms with van der Waals surface area (Å²) in [6.07, 6.45) is 1.47. The average molecular weight is 517 g/mol. The largest absolute Gasteiger partial charge is 0.484 e. The van der Waals surface area contributed by atoms with E-state index in [1.165, 1.54) is 6.21 Å². The number of carbonyl (C=O) groups excluding carboxylic acids is 2. The van der Waals surface area contributed by atoms with Crippen LogP contribution in [0.2, 0.25) is 0 Å². The molecule has 0 unspecified atom stereocenters. The number of amides is 1. The van der Waals surface area contributed by atoms with E-state index in [4.69, 9.17) is 9.47 Å². The normalized spacial score (nSPS) is 10.9. The minimum atomic E-state index is -0.472. The summed E-state index contributed by atoms with van der Waals surface area (Å²) in [5, 5.41) is 5.85. The Morgan fingerprint density at radius 3 is 2.56 bits per heavy atom. The number of rotatable bonds is 7. The van der Waals surface area contributed by atoms with Crippen molar-refractivity contribution in [2.24, 2.45) is 5.10 Å². The highest BCUT2D eigenvalue weighted by molar-refractivity contribution is 9.10. The predicted molar refractivity (Wildman–Crippen MR) is 135 cm³/mol. The van der Waals surface area contributed by atoms with E-state index in [1.54, 1.807) is 36.4 Å². The molecule has 7 heteroatoms. The van der Waals surface area contributed by atoms with E-state index in [0.29, 0.717) is 22.6 Å². The van der Waals surface area contributed by atoms with Crippen molar-refractivity contribution in [3.05, 3.63) is 106 Å². The first-order chi connectivity index (χ1) is 16.5. The lowest BCUT2D eigenvalue weighted by molar-refractivity contribution is -0.123. The van der Waals surface area contributed by atoms with Gasteiger partial charge >= 0.3 is 5.97 Å². The van der Waals surface area contributed by atoms with Crippen molar-refractivity contribution in [1.29, 1.82) is 0 Å². The second-order valence-electron chi connectivity index (χ2n) is 7.49. The molecule has 0 aliphatic carbocycles. The Hall–Kier alpha value is -3.97. The van der Waals surface area contributed by atoms with Gasteiger partial charge in [-0.05, 0) is 60.2 Å². The van der Waals surface area contributed by atoms with Gasteiger partial charge in [0.25, 0.3) is 5.91 Å². The van der Waals surface area contributed by atoms with E-state index in [0.717, 1.165) is 20.8 Å². The summed E-state index contributed by atoms with van der Waals surface area (Å²) in [7, 11) is 0. The van der Waals surface area contributed by atoms with Gasteiger partial charge in [0.05, 0.1) is 11.8 Å². The summed E-state index contributed by atoms with van der Waals surface area (Å²) in [5.74, 6) is 0.0225. The number of hydrogen-bond donors (Lipinski definition) is 1. The lowest BCUT2D eigenvalue weighted by Crippen LogP contribution is -2.24. The number of hydrogen-bond acceptors (Lipinski definition) is 5. The number of ether oxygens (including phenoxy) is 2. The molecule has 0 saturated heterocycles. The first-order valence-corrected chi connectivity index (χ1v) is 11.3. The summed E-state index contributed by atoms with van der Waals surface area (Å²) in [6, 6.07) is 25.6. The van der Waals surface area contributed by atoms with E-state index in [9.17, 15) is 9.59 Å². The Kier molecular flexibility index (Phi) is 7.34. The van der Waals surface area contributed by atoms with Crippen LogP contribution in [0.3, 0.4) is 0 Å². The van der Waals surface area contributed by atoms with E-state index in [2.05, 4.69) is 26.5 Å². The number of benzene rings is 4. The van der Waals surface area contributed by atoms with Crippen LogP contribution in [0.25, 0.3) is 10.8 Å². The van der Waals surface area contributed by atoms with Crippen LogP contribution in [0.15, 0.2) is 94.5 Å². The van der Waals surface area contributed by atoms with Crippen LogP contribution in [-0.2, 0) is 4.79 Å². The fraction of sp³-hybridized carbons (Fsp3) is 0.0741. The minimum absolute atomic E-state index is 0.191. The zero-order chi connectivity index (χ0) is 23.9. The Morgan fingerprint density at radius 2 is 1.76 bits per heavy atom. The third kappa shape index (κ3) is 5.88. The zero-order valence-electron chi connectivity index (χ0n) is 18.3. The number of halogens is 1. The molecule has 0 bridgehead atoms. The quantitative estimate of drug-likeness (QED) is 0.149. The Labute approximate surface area is 205 Å². The summed E-state index contributed by atoms with van der Waals surface area (Å²) in [5.41, 5.74) is 4.44. The van der Waals surface area contributed by atoms with Gasteiger partial charge in [0.2, 0.25) is 0 Å². The van der Waals surface area contributed by atoms with Crippen molar-refractivity contribution >= 4 is 44.8 Å². The number of esters is 1. The minimum Gasteiger partial charge on any atom is -0.484 e. The number of nitrogens with zero attached hydrogens (tertiary/aromatic N) is 1. The van der Waals surface area contributed by atoms with Crippen molar-refractivity contribution in [1.82, 2.24) is 5.43 Å². The monoisotopic (exact) mass is 516 g/mol. The Balaban J connectivity index is 1.50. The number of fused-ring (bicyclic) bond motifs is 1. The van der Waals surface area contributed by atoms with Gasteiger partial charge in [0, 0.05) is 10.0 Å². The molecule has 4 aromatic rings. The highest BCUT2D eigenvalue weighted by Crippen LogP contribution is 2.27. The van der Waals surface area contributed by atoms with Crippen molar-refractivity contribution in [3.8, 4) is 11.5 Å². The van der Waals surface area contributed by atoms with Crippen molar-refractivity contribution in [2.45, 2.75) is 6.92 Å². The maximum Gasteiger partial charge on any atom is 0.343 e. The van der Waals surface area contributed by atoms with Crippen LogP contribution >= 0.6 is 15.9 Å². The summed E-state index contributed by atoms with van der Waals surface area (Å²) in [6.45, 7) is 1.72. The second kappa shape index (κ2) is 10.8. The van der Waals surface area contributed by atoms with Crippen LogP contribution in [0, 0.1) is 6.92 Å². The van der Waals surface area contributed by atoms with Gasteiger partial charge in [-0.15, -0.1) is 0 Å². The number of nitrogens with one attached hydrogen (secondary N) is 1. The average Bonchev–Trinajstić information content (AvgIpc) is 2.84. The highest BCUT2D eigenvalue weighted by atomic mass is 79.9. The standard InChI is InChI=1S/C27H21BrN2O4/c1-18-5-4-7-20(15-18)27(32)34-25-14-9-19-6-2-3-8-23(19)24(25)16-29-30-26(31)17-33-22-12-10-21(28)11-13-22/h2-16H,17H2,1H3,(H,30,31). The summed E-state index contributed by atoms with van der Waals surface area (Å²) in [4.78, 5) is 24.9. The molecule has 34 heavy (non-hydrogen) atoms. The third-order valence-electron chi connectivity index (χ3n) is 4.95. The molecule has 0 fully saturated rings. The van der Waals surface area contributed by atoms with E-state index < -0.39 is 11.9 Å². The van der Waals surface area contributed by atoms with Crippen molar-refractivity contribution in [2.75, 3.05) is 6.61 Å². The SMILES string of the molecule is Cc1cccc(C(=O)Oc2ccc3ccccc3c2C=NNC(=O)COc2ccc(Br)cc2)c1. The molecule has 170 valence electrons. The van der Waals surface area contributed by atoms with Crippen molar-refractivity contribution < 1.29 is 19.1 Å². The number of hydrazone groups is 1. The molecule has 0 atom stereocenters. The molecule has 0 radical (unpaired) electrons. The Bertz CT molecular complexity index is 1370. The van der Waals surface area contributed by atoms with E-state index >= 15 is 0 Å². The second-order valence-corrected chi connectivity index (χ2v) is 8.41. The molecule has 0 spiro atoms.